The molecule has 2 aliphatic heterocycles. The predicted molar refractivity (Wildman–Crippen MR) is 110 cm³/mol. The van der Waals surface area contributed by atoms with E-state index in [1.807, 2.05) is 6.07 Å². The first kappa shape index (κ1) is 18.4. The molecule has 2 fully saturated rings. The van der Waals surface area contributed by atoms with Gasteiger partial charge in [0.25, 0.3) is 5.91 Å². The lowest BCUT2D eigenvalue weighted by molar-refractivity contribution is 0.0283. The molecule has 2 aromatic rings. The number of hydrogen-bond acceptors (Lipinski definition) is 5. The molecule has 2 aromatic heterocycles. The molecule has 0 atom stereocenters. The summed E-state index contributed by atoms with van der Waals surface area (Å²) in [4.78, 5) is 20.1. The van der Waals surface area contributed by atoms with Crippen molar-refractivity contribution in [2.24, 2.45) is 5.41 Å². The van der Waals surface area contributed by atoms with Gasteiger partial charge in [-0.05, 0) is 81.5 Å². The van der Waals surface area contributed by atoms with Crippen molar-refractivity contribution >= 4 is 17.2 Å². The van der Waals surface area contributed by atoms with Crippen molar-refractivity contribution in [2.45, 2.75) is 57.9 Å². The van der Waals surface area contributed by atoms with Gasteiger partial charge in [0.05, 0.1) is 10.6 Å². The molecule has 1 amide bonds. The number of thiophene rings is 1. The van der Waals surface area contributed by atoms with Crippen LogP contribution in [0.1, 0.15) is 64.3 Å². The third kappa shape index (κ3) is 3.64. The maximum absolute atomic E-state index is 13.0. The molecule has 4 heterocycles. The molecular formula is C22H29N3O2S. The fraction of sp³-hybridized carbons (Fsp3) is 0.636. The number of carbonyl (C=O) groups is 1. The molecule has 150 valence electrons. The van der Waals surface area contributed by atoms with Gasteiger partial charge in [-0.15, -0.1) is 11.3 Å². The van der Waals surface area contributed by atoms with Crippen LogP contribution < -0.4 is 0 Å². The summed E-state index contributed by atoms with van der Waals surface area (Å²) < 4.78 is 4.95. The smallest absolute Gasteiger partial charge is 0.263 e. The number of carbonyl (C=O) groups excluding carboxylic acids is 1. The van der Waals surface area contributed by atoms with Crippen LogP contribution in [0, 0.1) is 5.41 Å². The Kier molecular flexibility index (Phi) is 5.01. The highest BCUT2D eigenvalue weighted by Gasteiger charge is 2.39. The second-order valence-corrected chi connectivity index (χ2v) is 9.96. The second kappa shape index (κ2) is 7.64. The topological polar surface area (TPSA) is 49.6 Å². The van der Waals surface area contributed by atoms with Crippen LogP contribution in [0.5, 0.6) is 0 Å². The van der Waals surface area contributed by atoms with Crippen molar-refractivity contribution in [3.63, 3.8) is 0 Å². The zero-order chi connectivity index (χ0) is 19.0. The molecule has 28 heavy (non-hydrogen) atoms. The Morgan fingerprint density at radius 2 is 1.86 bits per heavy atom. The van der Waals surface area contributed by atoms with Crippen LogP contribution in [0.25, 0.3) is 0 Å². The normalized spacial score (nSPS) is 22.4. The van der Waals surface area contributed by atoms with Crippen molar-refractivity contribution in [1.29, 1.82) is 0 Å². The van der Waals surface area contributed by atoms with Gasteiger partial charge >= 0.3 is 0 Å². The minimum Gasteiger partial charge on any atom is -0.364 e. The standard InChI is InChI=1S/C22H29N3O2S/c26-21(20-15-17-3-1-2-4-19(17)28-20)25-12-8-22(9-13-25)6-10-24(11-7-22)16-18-5-14-27-23-18/h5,14-15H,1-4,6-13,16H2. The van der Waals surface area contributed by atoms with E-state index >= 15 is 0 Å². The van der Waals surface area contributed by atoms with E-state index in [4.69, 9.17) is 4.52 Å². The van der Waals surface area contributed by atoms with Crippen molar-refractivity contribution < 1.29 is 9.32 Å². The van der Waals surface area contributed by atoms with Crippen LogP contribution in [0.2, 0.25) is 0 Å². The molecule has 0 radical (unpaired) electrons. The van der Waals surface area contributed by atoms with E-state index in [-0.39, 0.29) is 5.91 Å². The Bertz CT molecular complexity index is 787. The van der Waals surface area contributed by atoms with Crippen LogP contribution in [-0.4, -0.2) is 47.0 Å². The molecule has 0 saturated carbocycles. The zero-order valence-corrected chi connectivity index (χ0v) is 17.3. The highest BCUT2D eigenvalue weighted by Crippen LogP contribution is 2.42. The number of aryl methyl sites for hydroxylation is 2. The quantitative estimate of drug-likeness (QED) is 0.779. The summed E-state index contributed by atoms with van der Waals surface area (Å²) in [6, 6.07) is 4.14. The van der Waals surface area contributed by atoms with Crippen molar-refractivity contribution in [1.82, 2.24) is 15.0 Å². The van der Waals surface area contributed by atoms with E-state index in [9.17, 15) is 4.79 Å². The summed E-state index contributed by atoms with van der Waals surface area (Å²) in [6.45, 7) is 4.98. The first-order valence-corrected chi connectivity index (χ1v) is 11.5. The van der Waals surface area contributed by atoms with Gasteiger partial charge in [0.15, 0.2) is 0 Å². The second-order valence-electron chi connectivity index (χ2n) is 8.83. The Balaban J connectivity index is 1.15. The number of amides is 1. The molecule has 0 aromatic carbocycles. The minimum absolute atomic E-state index is 0.276. The van der Waals surface area contributed by atoms with Crippen molar-refractivity contribution in [2.75, 3.05) is 26.2 Å². The Labute approximate surface area is 170 Å². The largest absolute Gasteiger partial charge is 0.364 e. The lowest BCUT2D eigenvalue weighted by Gasteiger charge is -2.46. The molecular weight excluding hydrogens is 370 g/mol. The SMILES string of the molecule is O=C(c1cc2c(s1)CCCC2)N1CCC2(CCN(Cc3ccon3)CC2)CC1. The van der Waals surface area contributed by atoms with Gasteiger partial charge in [-0.1, -0.05) is 5.16 Å². The molecule has 0 bridgehead atoms. The number of piperidine rings is 2. The van der Waals surface area contributed by atoms with Crippen LogP contribution in [0.3, 0.4) is 0 Å². The van der Waals surface area contributed by atoms with Crippen molar-refractivity contribution in [3.05, 3.63) is 39.4 Å². The highest BCUT2D eigenvalue weighted by atomic mass is 32.1. The number of nitrogens with zero attached hydrogens (tertiary/aromatic N) is 3. The summed E-state index contributed by atoms with van der Waals surface area (Å²) >= 11 is 1.75. The van der Waals surface area contributed by atoms with Gasteiger partial charge in [-0.3, -0.25) is 9.69 Å². The van der Waals surface area contributed by atoms with Crippen LogP contribution in [0.4, 0.5) is 0 Å². The first-order chi connectivity index (χ1) is 13.7. The Hall–Kier alpha value is -1.66. The summed E-state index contributed by atoms with van der Waals surface area (Å²) in [5, 5.41) is 4.04. The molecule has 0 N–H and O–H groups in total. The fourth-order valence-corrected chi connectivity index (χ4v) is 6.39. The van der Waals surface area contributed by atoms with Gasteiger partial charge in [-0.2, -0.15) is 0 Å². The molecule has 0 unspecified atom stereocenters. The number of likely N-dealkylation sites (tertiary alicyclic amines) is 2. The maximum atomic E-state index is 13.0. The van der Waals surface area contributed by atoms with E-state index in [1.165, 1.54) is 42.5 Å². The lowest BCUT2D eigenvalue weighted by atomic mass is 9.71. The fourth-order valence-electron chi connectivity index (χ4n) is 5.17. The Morgan fingerprint density at radius 3 is 2.57 bits per heavy atom. The molecule has 5 rings (SSSR count). The average molecular weight is 400 g/mol. The van der Waals surface area contributed by atoms with E-state index in [1.54, 1.807) is 17.6 Å². The first-order valence-electron chi connectivity index (χ1n) is 10.7. The lowest BCUT2D eigenvalue weighted by Crippen LogP contribution is -2.48. The molecule has 5 nitrogen and oxygen atoms in total. The third-order valence-electron chi connectivity index (χ3n) is 7.11. The van der Waals surface area contributed by atoms with Crippen LogP contribution in [-0.2, 0) is 19.4 Å². The molecule has 3 aliphatic rings. The van der Waals surface area contributed by atoms with Gasteiger partial charge in [0.2, 0.25) is 0 Å². The van der Waals surface area contributed by atoms with E-state index in [0.717, 1.165) is 62.6 Å². The number of rotatable bonds is 3. The summed E-state index contributed by atoms with van der Waals surface area (Å²) in [5.41, 5.74) is 2.90. The number of hydrogen-bond donors (Lipinski definition) is 0. The summed E-state index contributed by atoms with van der Waals surface area (Å²) in [5.74, 6) is 0.276. The van der Waals surface area contributed by atoms with E-state index in [0.29, 0.717) is 5.41 Å². The predicted octanol–water partition coefficient (Wildman–Crippen LogP) is 4.13. The van der Waals surface area contributed by atoms with Crippen LogP contribution >= 0.6 is 11.3 Å². The van der Waals surface area contributed by atoms with Gasteiger partial charge in [0.1, 0.15) is 6.26 Å². The summed E-state index contributed by atoms with van der Waals surface area (Å²) in [6.07, 6.45) is 11.3. The van der Waals surface area contributed by atoms with Gasteiger partial charge in [0, 0.05) is 30.6 Å². The third-order valence-corrected chi connectivity index (χ3v) is 8.34. The highest BCUT2D eigenvalue weighted by molar-refractivity contribution is 7.14. The monoisotopic (exact) mass is 399 g/mol. The molecule has 2 saturated heterocycles. The Morgan fingerprint density at radius 1 is 1.11 bits per heavy atom. The summed E-state index contributed by atoms with van der Waals surface area (Å²) in [7, 11) is 0. The average Bonchev–Trinajstić information content (AvgIpc) is 3.39. The van der Waals surface area contributed by atoms with Gasteiger partial charge in [-0.25, -0.2) is 0 Å². The molecule has 1 aliphatic carbocycles. The zero-order valence-electron chi connectivity index (χ0n) is 16.5. The molecule has 1 spiro atoms. The van der Waals surface area contributed by atoms with Crippen molar-refractivity contribution in [3.8, 4) is 0 Å². The van der Waals surface area contributed by atoms with E-state index < -0.39 is 0 Å². The number of fused-ring (bicyclic) bond motifs is 1. The van der Waals surface area contributed by atoms with Gasteiger partial charge < -0.3 is 9.42 Å². The molecule has 6 heteroatoms. The van der Waals surface area contributed by atoms with E-state index in [2.05, 4.69) is 21.0 Å². The minimum atomic E-state index is 0.276. The maximum Gasteiger partial charge on any atom is 0.263 e. The van der Waals surface area contributed by atoms with Crippen LogP contribution in [0.15, 0.2) is 22.9 Å². The number of aromatic nitrogens is 1.